The molecule has 1 aromatic rings. The lowest BCUT2D eigenvalue weighted by Gasteiger charge is -2.20. The van der Waals surface area contributed by atoms with E-state index >= 15 is 0 Å². The van der Waals surface area contributed by atoms with Crippen LogP contribution in [0.25, 0.3) is 0 Å². The summed E-state index contributed by atoms with van der Waals surface area (Å²) in [5.74, 6) is -1.70. The second-order valence-electron chi connectivity index (χ2n) is 5.37. The van der Waals surface area contributed by atoms with Crippen LogP contribution in [0.4, 0.5) is 10.5 Å². The van der Waals surface area contributed by atoms with E-state index < -0.39 is 27.9 Å². The van der Waals surface area contributed by atoms with Gasteiger partial charge in [-0.25, -0.2) is 17.5 Å². The van der Waals surface area contributed by atoms with E-state index in [2.05, 4.69) is 5.32 Å². The van der Waals surface area contributed by atoms with Crippen molar-refractivity contribution >= 4 is 27.7 Å². The number of hydrogen-bond donors (Lipinski definition) is 2. The van der Waals surface area contributed by atoms with E-state index in [0.29, 0.717) is 5.69 Å². The van der Waals surface area contributed by atoms with E-state index in [1.54, 1.807) is 6.07 Å². The molecule has 1 atom stereocenters. The summed E-state index contributed by atoms with van der Waals surface area (Å²) < 4.78 is 25.2. The predicted molar refractivity (Wildman–Crippen MR) is 85.8 cm³/mol. The number of nitrogens with zero attached hydrogens (tertiary/aromatic N) is 2. The molecule has 0 saturated carbocycles. The highest BCUT2D eigenvalue weighted by Gasteiger charge is 2.19. The minimum absolute atomic E-state index is 0.0385. The van der Waals surface area contributed by atoms with Gasteiger partial charge in [-0.15, -0.1) is 0 Å². The summed E-state index contributed by atoms with van der Waals surface area (Å²) in [6.07, 6.45) is 0. The Balaban J connectivity index is 2.86. The topological polar surface area (TPSA) is 107 Å². The number of anilines is 1. The number of sulfonamides is 1. The molecule has 0 saturated heterocycles. The Bertz CT molecular complexity index is 687. The maximum atomic E-state index is 12.1. The Morgan fingerprint density at radius 1 is 1.26 bits per heavy atom. The number of carboxylic acids is 1. The van der Waals surface area contributed by atoms with E-state index in [1.807, 2.05) is 0 Å². The third-order valence-corrected chi connectivity index (χ3v) is 4.99. The number of hydrogen-bond acceptors (Lipinski definition) is 4. The molecule has 0 spiro atoms. The molecule has 0 heterocycles. The average molecular weight is 343 g/mol. The van der Waals surface area contributed by atoms with Crippen LogP contribution in [0.5, 0.6) is 0 Å². The van der Waals surface area contributed by atoms with E-state index in [4.69, 9.17) is 5.11 Å². The van der Waals surface area contributed by atoms with Gasteiger partial charge < -0.3 is 15.3 Å². The van der Waals surface area contributed by atoms with Crippen molar-refractivity contribution in [3.8, 4) is 0 Å². The Morgan fingerprint density at radius 3 is 2.39 bits per heavy atom. The van der Waals surface area contributed by atoms with Gasteiger partial charge in [0, 0.05) is 33.4 Å². The molecule has 2 amide bonds. The lowest BCUT2D eigenvalue weighted by atomic mass is 10.2. The minimum Gasteiger partial charge on any atom is -0.481 e. The highest BCUT2D eigenvalue weighted by molar-refractivity contribution is 7.89. The van der Waals surface area contributed by atoms with E-state index in [0.717, 1.165) is 4.31 Å². The fourth-order valence-corrected chi connectivity index (χ4v) is 2.68. The molecule has 1 rings (SSSR count). The maximum Gasteiger partial charge on any atom is 0.321 e. The van der Waals surface area contributed by atoms with Crippen molar-refractivity contribution in [1.29, 1.82) is 0 Å². The summed E-state index contributed by atoms with van der Waals surface area (Å²) >= 11 is 0. The van der Waals surface area contributed by atoms with Crippen LogP contribution in [0.2, 0.25) is 0 Å². The van der Waals surface area contributed by atoms with Gasteiger partial charge in [0.2, 0.25) is 10.0 Å². The number of nitrogens with one attached hydrogen (secondary N) is 1. The first-order valence-electron chi connectivity index (χ1n) is 6.83. The monoisotopic (exact) mass is 343 g/mol. The fraction of sp³-hybridized carbons (Fsp3) is 0.429. The van der Waals surface area contributed by atoms with Crippen molar-refractivity contribution in [2.45, 2.75) is 11.8 Å². The largest absolute Gasteiger partial charge is 0.481 e. The summed E-state index contributed by atoms with van der Waals surface area (Å²) in [6, 6.07) is 5.34. The molecule has 0 radical (unpaired) electrons. The average Bonchev–Trinajstić information content (AvgIpc) is 2.46. The summed E-state index contributed by atoms with van der Waals surface area (Å²) in [5, 5.41) is 11.4. The smallest absolute Gasteiger partial charge is 0.321 e. The molecule has 23 heavy (non-hydrogen) atoms. The summed E-state index contributed by atoms with van der Waals surface area (Å²) in [5.41, 5.74) is 0.313. The molecule has 1 unspecified atom stereocenters. The Labute approximate surface area is 135 Å². The number of carbonyl (C=O) groups excluding carboxylic acids is 1. The van der Waals surface area contributed by atoms with Gasteiger partial charge in [-0.05, 0) is 18.2 Å². The molecule has 0 fully saturated rings. The molecule has 9 heteroatoms. The zero-order valence-corrected chi connectivity index (χ0v) is 14.3. The van der Waals surface area contributed by atoms with Crippen molar-refractivity contribution in [2.24, 2.45) is 5.92 Å². The van der Waals surface area contributed by atoms with Crippen molar-refractivity contribution in [3.05, 3.63) is 24.3 Å². The van der Waals surface area contributed by atoms with Crippen LogP contribution < -0.4 is 5.32 Å². The predicted octanol–water partition coefficient (Wildman–Crippen LogP) is 1.12. The fourth-order valence-electron chi connectivity index (χ4n) is 1.74. The normalized spacial score (nSPS) is 12.7. The zero-order valence-electron chi connectivity index (χ0n) is 13.5. The van der Waals surface area contributed by atoms with E-state index in [9.17, 15) is 18.0 Å². The molecule has 128 valence electrons. The van der Waals surface area contributed by atoms with Crippen molar-refractivity contribution < 1.29 is 23.1 Å². The number of aliphatic carboxylic acids is 1. The number of rotatable bonds is 6. The SMILES string of the molecule is CC(CN(C)C(=O)Nc1cccc(S(=O)(=O)N(C)C)c1)C(=O)O. The van der Waals surface area contributed by atoms with Crippen molar-refractivity contribution in [3.63, 3.8) is 0 Å². The minimum atomic E-state index is -3.59. The van der Waals surface area contributed by atoms with Crippen LogP contribution >= 0.6 is 0 Å². The van der Waals surface area contributed by atoms with E-state index in [-0.39, 0.29) is 11.4 Å². The first kappa shape index (κ1) is 18.9. The molecule has 0 aliphatic heterocycles. The lowest BCUT2D eigenvalue weighted by Crippen LogP contribution is -2.36. The van der Waals surface area contributed by atoms with Crippen LogP contribution in [0, 0.1) is 5.92 Å². The molecule has 0 aliphatic carbocycles. The van der Waals surface area contributed by atoms with Gasteiger partial charge >= 0.3 is 12.0 Å². The molecule has 0 aromatic heterocycles. The van der Waals surface area contributed by atoms with Crippen LogP contribution in [-0.4, -0.2) is 62.4 Å². The number of urea groups is 1. The highest BCUT2D eigenvalue weighted by atomic mass is 32.2. The van der Waals surface area contributed by atoms with Crippen molar-refractivity contribution in [2.75, 3.05) is 33.0 Å². The second-order valence-corrected chi connectivity index (χ2v) is 7.52. The Hall–Kier alpha value is -2.13. The van der Waals surface area contributed by atoms with Gasteiger partial charge in [0.1, 0.15) is 0 Å². The quantitative estimate of drug-likeness (QED) is 0.805. The van der Waals surface area contributed by atoms with Crippen LogP contribution in [0.3, 0.4) is 0 Å². The maximum absolute atomic E-state index is 12.1. The third-order valence-electron chi connectivity index (χ3n) is 3.18. The Morgan fingerprint density at radius 2 is 1.87 bits per heavy atom. The first-order valence-corrected chi connectivity index (χ1v) is 8.27. The van der Waals surface area contributed by atoms with Gasteiger partial charge in [0.05, 0.1) is 10.8 Å². The van der Waals surface area contributed by atoms with Crippen molar-refractivity contribution in [1.82, 2.24) is 9.21 Å². The van der Waals surface area contributed by atoms with Crippen LogP contribution in [-0.2, 0) is 14.8 Å². The lowest BCUT2D eigenvalue weighted by molar-refractivity contribution is -0.141. The standard InChI is InChI=1S/C14H21N3O5S/c1-10(13(18)19)9-17(4)14(20)15-11-6-5-7-12(8-11)23(21,22)16(2)3/h5-8,10H,9H2,1-4H3,(H,15,20)(H,18,19). The van der Waals surface area contributed by atoms with Gasteiger partial charge in [-0.2, -0.15) is 0 Å². The first-order chi connectivity index (χ1) is 10.6. The molecular formula is C14H21N3O5S. The molecular weight excluding hydrogens is 322 g/mol. The summed E-state index contributed by atoms with van der Waals surface area (Å²) in [7, 11) is 0.709. The van der Waals surface area contributed by atoms with Crippen LogP contribution in [0.15, 0.2) is 29.2 Å². The van der Waals surface area contributed by atoms with E-state index in [1.165, 1.54) is 51.2 Å². The Kier molecular flexibility index (Phi) is 6.11. The second kappa shape index (κ2) is 7.42. The highest BCUT2D eigenvalue weighted by Crippen LogP contribution is 2.18. The molecule has 0 bridgehead atoms. The number of amides is 2. The van der Waals surface area contributed by atoms with Gasteiger partial charge in [-0.3, -0.25) is 4.79 Å². The van der Waals surface area contributed by atoms with Crippen LogP contribution in [0.1, 0.15) is 6.92 Å². The molecule has 0 aliphatic rings. The van der Waals surface area contributed by atoms with Gasteiger partial charge in [0.25, 0.3) is 0 Å². The molecule has 2 N–H and O–H groups in total. The number of carbonyl (C=O) groups is 2. The number of benzene rings is 1. The number of carboxylic acid groups (broad SMARTS) is 1. The molecule has 8 nitrogen and oxygen atoms in total. The summed E-state index contributed by atoms with van der Waals surface area (Å²) in [4.78, 5) is 24.1. The van der Waals surface area contributed by atoms with Gasteiger partial charge in [-0.1, -0.05) is 13.0 Å². The zero-order chi connectivity index (χ0) is 17.8. The summed E-state index contributed by atoms with van der Waals surface area (Å²) in [6.45, 7) is 1.53. The third kappa shape index (κ3) is 4.93. The van der Waals surface area contributed by atoms with Gasteiger partial charge in [0.15, 0.2) is 0 Å². The molecule has 1 aromatic carbocycles.